The molecular formula is C16H20N4O. The van der Waals surface area contributed by atoms with Crippen molar-refractivity contribution in [2.45, 2.75) is 32.9 Å². The number of rotatable bonds is 3. The van der Waals surface area contributed by atoms with Crippen LogP contribution in [0, 0.1) is 6.92 Å². The van der Waals surface area contributed by atoms with Crippen LogP contribution in [0.1, 0.15) is 23.9 Å². The molecule has 0 bridgehead atoms. The van der Waals surface area contributed by atoms with Crippen molar-refractivity contribution < 1.29 is 4.79 Å². The highest BCUT2D eigenvalue weighted by molar-refractivity contribution is 5.98. The van der Waals surface area contributed by atoms with Crippen molar-refractivity contribution in [3.05, 3.63) is 47.5 Å². The lowest BCUT2D eigenvalue weighted by molar-refractivity contribution is -0.120. The van der Waals surface area contributed by atoms with Crippen molar-refractivity contribution in [1.29, 1.82) is 0 Å². The fourth-order valence-corrected chi connectivity index (χ4v) is 2.84. The third-order valence-electron chi connectivity index (χ3n) is 4.02. The SMILES string of the molecule is CCN(C(=O)C1Cc2nc[nH]c2CN1)c1ccccc1C. The van der Waals surface area contributed by atoms with Gasteiger partial charge in [0.2, 0.25) is 5.91 Å². The molecule has 0 fully saturated rings. The first-order valence-electron chi connectivity index (χ1n) is 7.32. The molecule has 0 saturated heterocycles. The number of anilines is 1. The molecule has 1 aliphatic heterocycles. The molecule has 1 aromatic heterocycles. The van der Waals surface area contributed by atoms with Gasteiger partial charge in [-0.05, 0) is 25.5 Å². The summed E-state index contributed by atoms with van der Waals surface area (Å²) in [6.45, 7) is 5.37. The molecule has 3 rings (SSSR count). The van der Waals surface area contributed by atoms with E-state index < -0.39 is 0 Å². The zero-order valence-electron chi connectivity index (χ0n) is 12.4. The number of aromatic nitrogens is 2. The van der Waals surface area contributed by atoms with Crippen LogP contribution in [-0.2, 0) is 17.8 Å². The smallest absolute Gasteiger partial charge is 0.244 e. The van der Waals surface area contributed by atoms with Gasteiger partial charge in [-0.2, -0.15) is 0 Å². The normalized spacial score (nSPS) is 17.3. The minimum atomic E-state index is -0.208. The average Bonchev–Trinajstić information content (AvgIpc) is 2.97. The lowest BCUT2D eigenvalue weighted by Gasteiger charge is -2.30. The second kappa shape index (κ2) is 5.69. The van der Waals surface area contributed by atoms with E-state index in [0.29, 0.717) is 19.5 Å². The molecule has 0 aliphatic carbocycles. The van der Waals surface area contributed by atoms with Gasteiger partial charge < -0.3 is 9.88 Å². The molecule has 5 nitrogen and oxygen atoms in total. The maximum absolute atomic E-state index is 12.8. The standard InChI is InChI=1S/C16H20N4O/c1-3-20(15-7-5-4-6-11(15)2)16(21)13-8-12-14(9-17-13)19-10-18-12/h4-7,10,13,17H,3,8-9H2,1-2H3,(H,18,19). The van der Waals surface area contributed by atoms with E-state index in [-0.39, 0.29) is 11.9 Å². The zero-order chi connectivity index (χ0) is 14.8. The predicted molar refractivity (Wildman–Crippen MR) is 82.1 cm³/mol. The average molecular weight is 284 g/mol. The van der Waals surface area contributed by atoms with Crippen LogP contribution in [0.5, 0.6) is 0 Å². The van der Waals surface area contributed by atoms with Gasteiger partial charge in [-0.15, -0.1) is 0 Å². The number of imidazole rings is 1. The number of carbonyl (C=O) groups is 1. The van der Waals surface area contributed by atoms with Gasteiger partial charge in [0.25, 0.3) is 0 Å². The number of nitrogens with zero attached hydrogens (tertiary/aromatic N) is 2. The highest BCUT2D eigenvalue weighted by atomic mass is 16.2. The fourth-order valence-electron chi connectivity index (χ4n) is 2.84. The predicted octanol–water partition coefficient (Wildman–Crippen LogP) is 1.79. The van der Waals surface area contributed by atoms with Crippen molar-refractivity contribution >= 4 is 11.6 Å². The van der Waals surface area contributed by atoms with Crippen LogP contribution in [0.15, 0.2) is 30.6 Å². The molecule has 0 radical (unpaired) electrons. The Bertz CT molecular complexity index is 649. The van der Waals surface area contributed by atoms with Gasteiger partial charge in [-0.1, -0.05) is 18.2 Å². The Labute approximate surface area is 124 Å². The van der Waals surface area contributed by atoms with Crippen molar-refractivity contribution in [1.82, 2.24) is 15.3 Å². The number of nitrogens with one attached hydrogen (secondary N) is 2. The summed E-state index contributed by atoms with van der Waals surface area (Å²) < 4.78 is 0. The van der Waals surface area contributed by atoms with Gasteiger partial charge in [-0.25, -0.2) is 4.98 Å². The summed E-state index contributed by atoms with van der Waals surface area (Å²) in [6, 6.07) is 7.79. The molecule has 1 unspecified atom stereocenters. The number of carbonyl (C=O) groups excluding carboxylic acids is 1. The van der Waals surface area contributed by atoms with Gasteiger partial charge in [0.1, 0.15) is 0 Å². The first-order valence-corrected chi connectivity index (χ1v) is 7.32. The Balaban J connectivity index is 1.82. The lowest BCUT2D eigenvalue weighted by Crippen LogP contribution is -2.49. The van der Waals surface area contributed by atoms with Crippen molar-refractivity contribution in [3.8, 4) is 0 Å². The second-order valence-electron chi connectivity index (χ2n) is 5.33. The Morgan fingerprint density at radius 1 is 1.43 bits per heavy atom. The molecule has 2 aromatic rings. The number of aromatic amines is 1. The number of aryl methyl sites for hydroxylation is 1. The second-order valence-corrected chi connectivity index (χ2v) is 5.33. The molecule has 110 valence electrons. The van der Waals surface area contributed by atoms with Gasteiger partial charge in [-0.3, -0.25) is 10.1 Å². The molecule has 0 spiro atoms. The molecule has 21 heavy (non-hydrogen) atoms. The summed E-state index contributed by atoms with van der Waals surface area (Å²) in [5.74, 6) is 0.112. The number of hydrogen-bond acceptors (Lipinski definition) is 3. The largest absolute Gasteiger partial charge is 0.347 e. The highest BCUT2D eigenvalue weighted by Gasteiger charge is 2.29. The lowest BCUT2D eigenvalue weighted by atomic mass is 10.0. The van der Waals surface area contributed by atoms with E-state index in [2.05, 4.69) is 15.3 Å². The van der Waals surface area contributed by atoms with E-state index in [4.69, 9.17) is 0 Å². The topological polar surface area (TPSA) is 61.0 Å². The van der Waals surface area contributed by atoms with E-state index in [9.17, 15) is 4.79 Å². The maximum Gasteiger partial charge on any atom is 0.244 e. The summed E-state index contributed by atoms with van der Waals surface area (Å²) in [4.78, 5) is 22.1. The Morgan fingerprint density at radius 2 is 2.24 bits per heavy atom. The number of likely N-dealkylation sites (N-methyl/N-ethyl adjacent to an activating group) is 1. The fraction of sp³-hybridized carbons (Fsp3) is 0.375. The van der Waals surface area contributed by atoms with Crippen LogP contribution >= 0.6 is 0 Å². The first-order chi connectivity index (χ1) is 10.2. The number of amides is 1. The van der Waals surface area contributed by atoms with Crippen LogP contribution in [0.25, 0.3) is 0 Å². The molecule has 0 saturated carbocycles. The van der Waals surface area contributed by atoms with Crippen LogP contribution in [-0.4, -0.2) is 28.5 Å². The van der Waals surface area contributed by atoms with Crippen molar-refractivity contribution in [3.63, 3.8) is 0 Å². The molecule has 1 aliphatic rings. The number of para-hydroxylation sites is 1. The minimum absolute atomic E-state index is 0.112. The van der Waals surface area contributed by atoms with E-state index in [1.165, 1.54) is 0 Å². The summed E-state index contributed by atoms with van der Waals surface area (Å²) in [6.07, 6.45) is 2.33. The van der Waals surface area contributed by atoms with Crippen LogP contribution < -0.4 is 10.2 Å². The van der Waals surface area contributed by atoms with E-state index in [1.807, 2.05) is 43.0 Å². The molecule has 1 aromatic carbocycles. The monoisotopic (exact) mass is 284 g/mol. The van der Waals surface area contributed by atoms with Crippen LogP contribution in [0.3, 0.4) is 0 Å². The summed E-state index contributed by atoms with van der Waals surface area (Å²) >= 11 is 0. The van der Waals surface area contributed by atoms with Crippen LogP contribution in [0.2, 0.25) is 0 Å². The van der Waals surface area contributed by atoms with Gasteiger partial charge in [0, 0.05) is 25.2 Å². The van der Waals surface area contributed by atoms with Crippen molar-refractivity contribution in [2.75, 3.05) is 11.4 Å². The Morgan fingerprint density at radius 3 is 3.00 bits per heavy atom. The van der Waals surface area contributed by atoms with E-state index in [1.54, 1.807) is 6.33 Å². The van der Waals surface area contributed by atoms with Gasteiger partial charge in [0.15, 0.2) is 0 Å². The molecule has 1 atom stereocenters. The number of H-pyrrole nitrogens is 1. The number of fused-ring (bicyclic) bond motifs is 1. The summed E-state index contributed by atoms with van der Waals surface area (Å²) in [5, 5.41) is 3.30. The maximum atomic E-state index is 12.8. The number of benzene rings is 1. The molecule has 2 heterocycles. The number of hydrogen-bond donors (Lipinski definition) is 2. The van der Waals surface area contributed by atoms with E-state index >= 15 is 0 Å². The molecule has 1 amide bonds. The Kier molecular flexibility index (Phi) is 3.75. The van der Waals surface area contributed by atoms with E-state index in [0.717, 1.165) is 22.6 Å². The minimum Gasteiger partial charge on any atom is -0.347 e. The zero-order valence-corrected chi connectivity index (χ0v) is 12.4. The third kappa shape index (κ3) is 2.56. The van der Waals surface area contributed by atoms with Crippen molar-refractivity contribution in [2.24, 2.45) is 0 Å². The first kappa shape index (κ1) is 13.8. The highest BCUT2D eigenvalue weighted by Crippen LogP contribution is 2.22. The summed E-state index contributed by atoms with van der Waals surface area (Å²) in [5.41, 5.74) is 4.18. The Hall–Kier alpha value is -2.14. The third-order valence-corrected chi connectivity index (χ3v) is 4.02. The van der Waals surface area contributed by atoms with Gasteiger partial charge >= 0.3 is 0 Å². The summed E-state index contributed by atoms with van der Waals surface area (Å²) in [7, 11) is 0. The quantitative estimate of drug-likeness (QED) is 0.903. The molecule has 5 heteroatoms. The van der Waals surface area contributed by atoms with Gasteiger partial charge in [0.05, 0.1) is 23.8 Å². The van der Waals surface area contributed by atoms with Crippen LogP contribution in [0.4, 0.5) is 5.69 Å². The molecule has 2 N–H and O–H groups in total. The molecular weight excluding hydrogens is 264 g/mol.